The maximum absolute atomic E-state index is 4.49. The number of benzene rings is 1. The third-order valence-corrected chi connectivity index (χ3v) is 3.22. The van der Waals surface area contributed by atoms with Gasteiger partial charge in [-0.1, -0.05) is 42.6 Å². The summed E-state index contributed by atoms with van der Waals surface area (Å²) in [5.74, 6) is 0.542. The second kappa shape index (κ2) is 5.79. The number of hydrogen-bond acceptors (Lipinski definition) is 2. The molecule has 0 aliphatic rings. The third kappa shape index (κ3) is 2.83. The van der Waals surface area contributed by atoms with E-state index in [2.05, 4.69) is 31.3 Å². The van der Waals surface area contributed by atoms with Gasteiger partial charge in [0, 0.05) is 18.0 Å². The number of pyridine rings is 1. The van der Waals surface area contributed by atoms with Gasteiger partial charge in [0.25, 0.3) is 0 Å². The topological polar surface area (TPSA) is 43.8 Å². The zero-order chi connectivity index (χ0) is 13.8. The SMILES string of the molecule is Brc1nc(-c2ccccc2)cnc1[N-][n+]1ccccc1. The molecule has 2 aromatic heterocycles. The van der Waals surface area contributed by atoms with Gasteiger partial charge >= 0.3 is 0 Å². The highest BCUT2D eigenvalue weighted by Crippen LogP contribution is 2.26. The summed E-state index contributed by atoms with van der Waals surface area (Å²) in [5, 5.41) is 0. The van der Waals surface area contributed by atoms with E-state index in [1.807, 2.05) is 60.9 Å². The van der Waals surface area contributed by atoms with Crippen molar-refractivity contribution in [3.8, 4) is 11.3 Å². The summed E-state index contributed by atoms with van der Waals surface area (Å²) in [7, 11) is 0. The molecule has 0 N–H and O–H groups in total. The summed E-state index contributed by atoms with van der Waals surface area (Å²) in [4.78, 5) is 8.84. The van der Waals surface area contributed by atoms with E-state index in [0.717, 1.165) is 11.3 Å². The molecule has 98 valence electrons. The van der Waals surface area contributed by atoms with Gasteiger partial charge in [-0.2, -0.15) is 10.1 Å². The van der Waals surface area contributed by atoms with Crippen molar-refractivity contribution < 1.29 is 4.68 Å². The van der Waals surface area contributed by atoms with Crippen molar-refractivity contribution in [2.45, 2.75) is 0 Å². The summed E-state index contributed by atoms with van der Waals surface area (Å²) >= 11 is 3.42. The molecule has 0 fully saturated rings. The molecule has 20 heavy (non-hydrogen) atoms. The minimum absolute atomic E-state index is 0.542. The summed E-state index contributed by atoms with van der Waals surface area (Å²) in [6.07, 6.45) is 5.42. The monoisotopic (exact) mass is 326 g/mol. The van der Waals surface area contributed by atoms with Crippen LogP contribution in [0.1, 0.15) is 0 Å². The first kappa shape index (κ1) is 12.7. The molecule has 0 aliphatic carbocycles. The molecule has 0 atom stereocenters. The van der Waals surface area contributed by atoms with E-state index in [0.29, 0.717) is 10.4 Å². The van der Waals surface area contributed by atoms with Crippen LogP contribution < -0.4 is 4.68 Å². The largest absolute Gasteiger partial charge is 0.434 e. The minimum Gasteiger partial charge on any atom is -0.434 e. The second-order valence-electron chi connectivity index (χ2n) is 4.09. The van der Waals surface area contributed by atoms with E-state index in [-0.39, 0.29) is 0 Å². The Bertz CT molecular complexity index is 702. The first-order valence-electron chi connectivity index (χ1n) is 6.09. The smallest absolute Gasteiger partial charge is 0.182 e. The van der Waals surface area contributed by atoms with Crippen molar-refractivity contribution in [2.24, 2.45) is 0 Å². The predicted molar refractivity (Wildman–Crippen MR) is 80.2 cm³/mol. The number of nitrogens with zero attached hydrogens (tertiary/aromatic N) is 4. The average molecular weight is 327 g/mol. The Hall–Kier alpha value is -2.27. The zero-order valence-corrected chi connectivity index (χ0v) is 12.1. The molecule has 2 heterocycles. The molecule has 4 nitrogen and oxygen atoms in total. The van der Waals surface area contributed by atoms with E-state index in [1.54, 1.807) is 10.9 Å². The van der Waals surface area contributed by atoms with Crippen molar-refractivity contribution in [1.29, 1.82) is 0 Å². The van der Waals surface area contributed by atoms with Gasteiger partial charge in [-0.15, -0.1) is 0 Å². The Labute approximate surface area is 125 Å². The molecule has 0 aliphatic heterocycles. The summed E-state index contributed by atoms with van der Waals surface area (Å²) in [6, 6.07) is 15.7. The molecule has 0 saturated carbocycles. The van der Waals surface area contributed by atoms with Crippen LogP contribution in [0.3, 0.4) is 0 Å². The minimum atomic E-state index is 0.542. The molecular formula is C15H11BrN4. The molecule has 5 heteroatoms. The van der Waals surface area contributed by atoms with Crippen LogP contribution >= 0.6 is 15.9 Å². The van der Waals surface area contributed by atoms with E-state index in [9.17, 15) is 0 Å². The van der Waals surface area contributed by atoms with E-state index in [4.69, 9.17) is 0 Å². The average Bonchev–Trinajstić information content (AvgIpc) is 2.51. The van der Waals surface area contributed by atoms with Crippen LogP contribution in [-0.4, -0.2) is 9.97 Å². The number of halogens is 1. The Balaban J connectivity index is 1.89. The highest BCUT2D eigenvalue weighted by Gasteiger charge is 2.03. The molecule has 0 radical (unpaired) electrons. The molecule has 0 saturated heterocycles. The molecule has 0 amide bonds. The molecule has 0 bridgehead atoms. The first-order chi connectivity index (χ1) is 9.83. The number of hydrogen-bond donors (Lipinski definition) is 0. The lowest BCUT2D eigenvalue weighted by molar-refractivity contribution is -0.619. The van der Waals surface area contributed by atoms with Gasteiger partial charge in [-0.3, -0.25) is 0 Å². The normalized spacial score (nSPS) is 10.2. The fourth-order valence-corrected chi connectivity index (χ4v) is 2.11. The molecule has 1 aromatic carbocycles. The predicted octanol–water partition coefficient (Wildman–Crippen LogP) is 3.66. The molecular weight excluding hydrogens is 316 g/mol. The van der Waals surface area contributed by atoms with Gasteiger partial charge in [0.15, 0.2) is 12.4 Å². The van der Waals surface area contributed by atoms with Crippen molar-refractivity contribution in [3.05, 3.63) is 77.2 Å². The van der Waals surface area contributed by atoms with Crippen LogP contribution in [0, 0.1) is 0 Å². The highest BCUT2D eigenvalue weighted by atomic mass is 79.9. The van der Waals surface area contributed by atoms with Gasteiger partial charge in [0.05, 0.1) is 5.69 Å². The van der Waals surface area contributed by atoms with Crippen LogP contribution in [-0.2, 0) is 0 Å². The standard InChI is InChI=1S/C15H11BrN4/c16-14-15(19-20-9-5-2-6-10-20)17-11-13(18-14)12-7-3-1-4-8-12/h1-11H. The van der Waals surface area contributed by atoms with Gasteiger partial charge in [-0.25, -0.2) is 4.98 Å². The molecule has 3 rings (SSSR count). The van der Waals surface area contributed by atoms with E-state index >= 15 is 0 Å². The first-order valence-corrected chi connectivity index (χ1v) is 6.88. The van der Waals surface area contributed by atoms with Crippen molar-refractivity contribution in [3.63, 3.8) is 0 Å². The highest BCUT2D eigenvalue weighted by molar-refractivity contribution is 9.10. The fraction of sp³-hybridized carbons (Fsp3) is 0. The van der Waals surface area contributed by atoms with Crippen LogP contribution in [0.5, 0.6) is 0 Å². The van der Waals surface area contributed by atoms with Gasteiger partial charge in [0.1, 0.15) is 4.60 Å². The molecule has 3 aromatic rings. The zero-order valence-electron chi connectivity index (χ0n) is 10.5. The van der Waals surface area contributed by atoms with Crippen LogP contribution in [0.25, 0.3) is 16.7 Å². The maximum Gasteiger partial charge on any atom is 0.182 e. The van der Waals surface area contributed by atoms with Crippen LogP contribution in [0.4, 0.5) is 5.82 Å². The summed E-state index contributed by atoms with van der Waals surface area (Å²) in [6.45, 7) is 0. The Kier molecular flexibility index (Phi) is 3.69. The number of aromatic nitrogens is 3. The lowest BCUT2D eigenvalue weighted by Crippen LogP contribution is -2.26. The van der Waals surface area contributed by atoms with E-state index in [1.165, 1.54) is 0 Å². The lowest BCUT2D eigenvalue weighted by atomic mass is 10.2. The molecule has 0 unspecified atom stereocenters. The number of rotatable bonds is 3. The van der Waals surface area contributed by atoms with Gasteiger partial charge in [-0.05, 0) is 21.5 Å². The Morgan fingerprint density at radius 1 is 0.950 bits per heavy atom. The van der Waals surface area contributed by atoms with Crippen molar-refractivity contribution >= 4 is 21.7 Å². The fourth-order valence-electron chi connectivity index (χ4n) is 1.74. The second-order valence-corrected chi connectivity index (χ2v) is 4.84. The summed E-state index contributed by atoms with van der Waals surface area (Å²) < 4.78 is 2.31. The van der Waals surface area contributed by atoms with Gasteiger partial charge in [0.2, 0.25) is 0 Å². The third-order valence-electron chi connectivity index (χ3n) is 2.69. The van der Waals surface area contributed by atoms with Crippen molar-refractivity contribution in [1.82, 2.24) is 9.97 Å². The quantitative estimate of drug-likeness (QED) is 0.689. The molecule has 0 spiro atoms. The Morgan fingerprint density at radius 3 is 2.35 bits per heavy atom. The van der Waals surface area contributed by atoms with Crippen LogP contribution in [0.15, 0.2) is 71.7 Å². The lowest BCUT2D eigenvalue weighted by Gasteiger charge is -2.12. The van der Waals surface area contributed by atoms with Crippen molar-refractivity contribution in [2.75, 3.05) is 0 Å². The van der Waals surface area contributed by atoms with E-state index < -0.39 is 0 Å². The van der Waals surface area contributed by atoms with Crippen LogP contribution in [0.2, 0.25) is 0 Å². The Morgan fingerprint density at radius 2 is 1.65 bits per heavy atom. The maximum atomic E-state index is 4.49. The summed E-state index contributed by atoms with van der Waals surface area (Å²) in [5.41, 5.74) is 6.21. The van der Waals surface area contributed by atoms with Gasteiger partial charge < -0.3 is 4.98 Å².